The first-order valence-corrected chi connectivity index (χ1v) is 6.31. The molecule has 4 nitrogen and oxygen atoms in total. The molecular formula is C16H20O4. The SMILES string of the molecule is C=CCOC(=O)/C=C(\CC(OC)c1ccccc1)OC. The van der Waals surface area contributed by atoms with E-state index in [1.54, 1.807) is 7.11 Å². The number of esters is 1. The maximum Gasteiger partial charge on any atom is 0.334 e. The van der Waals surface area contributed by atoms with E-state index in [1.807, 2.05) is 30.3 Å². The molecule has 0 bridgehead atoms. The van der Waals surface area contributed by atoms with E-state index in [1.165, 1.54) is 19.3 Å². The number of methoxy groups -OCH3 is 2. The molecule has 0 amide bonds. The summed E-state index contributed by atoms with van der Waals surface area (Å²) in [5, 5.41) is 0. The average Bonchev–Trinajstić information content (AvgIpc) is 2.50. The van der Waals surface area contributed by atoms with Crippen LogP contribution >= 0.6 is 0 Å². The van der Waals surface area contributed by atoms with Gasteiger partial charge in [-0.2, -0.15) is 0 Å². The Morgan fingerprint density at radius 3 is 2.55 bits per heavy atom. The third kappa shape index (κ3) is 5.28. The Kier molecular flexibility index (Phi) is 7.14. The van der Waals surface area contributed by atoms with Crippen LogP contribution in [0.15, 0.2) is 54.8 Å². The van der Waals surface area contributed by atoms with Crippen LogP contribution < -0.4 is 0 Å². The molecule has 0 saturated heterocycles. The highest BCUT2D eigenvalue weighted by Crippen LogP contribution is 2.24. The van der Waals surface area contributed by atoms with Gasteiger partial charge in [0.2, 0.25) is 0 Å². The third-order valence-corrected chi connectivity index (χ3v) is 2.73. The lowest BCUT2D eigenvalue weighted by molar-refractivity contribution is -0.136. The van der Waals surface area contributed by atoms with Gasteiger partial charge >= 0.3 is 5.97 Å². The monoisotopic (exact) mass is 276 g/mol. The maximum atomic E-state index is 11.5. The van der Waals surface area contributed by atoms with Gasteiger partial charge in [-0.1, -0.05) is 43.0 Å². The Morgan fingerprint density at radius 1 is 1.30 bits per heavy atom. The number of carbonyl (C=O) groups excluding carboxylic acids is 1. The molecular weight excluding hydrogens is 256 g/mol. The molecule has 1 unspecified atom stereocenters. The van der Waals surface area contributed by atoms with Gasteiger partial charge in [0.15, 0.2) is 0 Å². The lowest BCUT2D eigenvalue weighted by atomic mass is 10.1. The summed E-state index contributed by atoms with van der Waals surface area (Å²) in [5.74, 6) is 0.0550. The highest BCUT2D eigenvalue weighted by atomic mass is 16.5. The highest BCUT2D eigenvalue weighted by Gasteiger charge is 2.14. The number of carbonyl (C=O) groups is 1. The van der Waals surface area contributed by atoms with Gasteiger partial charge in [0.25, 0.3) is 0 Å². The van der Waals surface area contributed by atoms with Crippen molar-refractivity contribution in [3.63, 3.8) is 0 Å². The zero-order valence-electron chi connectivity index (χ0n) is 11.9. The molecule has 1 atom stereocenters. The summed E-state index contributed by atoms with van der Waals surface area (Å²) in [4.78, 5) is 11.5. The molecule has 1 rings (SSSR count). The summed E-state index contributed by atoms with van der Waals surface area (Å²) in [6.45, 7) is 3.66. The lowest BCUT2D eigenvalue weighted by Crippen LogP contribution is -2.07. The van der Waals surface area contributed by atoms with Crippen LogP contribution in [0.25, 0.3) is 0 Å². The number of benzene rings is 1. The quantitative estimate of drug-likeness (QED) is 0.317. The molecule has 1 aromatic rings. The van der Waals surface area contributed by atoms with Crippen LogP contribution in [0, 0.1) is 0 Å². The van der Waals surface area contributed by atoms with E-state index in [2.05, 4.69) is 6.58 Å². The molecule has 0 aromatic heterocycles. The van der Waals surface area contributed by atoms with Crippen molar-refractivity contribution in [2.45, 2.75) is 12.5 Å². The molecule has 4 heteroatoms. The summed E-state index contributed by atoms with van der Waals surface area (Å²) in [6, 6.07) is 9.76. The second-order valence-corrected chi connectivity index (χ2v) is 4.07. The molecule has 0 radical (unpaired) electrons. The first kappa shape index (κ1) is 16.0. The van der Waals surface area contributed by atoms with Gasteiger partial charge in [0.05, 0.1) is 19.3 Å². The molecule has 0 N–H and O–H groups in total. The van der Waals surface area contributed by atoms with Crippen LogP contribution in [0.4, 0.5) is 0 Å². The first-order chi connectivity index (χ1) is 9.71. The Hall–Kier alpha value is -2.07. The van der Waals surface area contributed by atoms with Crippen LogP contribution in [0.1, 0.15) is 18.1 Å². The fourth-order valence-electron chi connectivity index (χ4n) is 1.70. The fraction of sp³-hybridized carbons (Fsp3) is 0.312. The summed E-state index contributed by atoms with van der Waals surface area (Å²) in [7, 11) is 3.14. The summed E-state index contributed by atoms with van der Waals surface area (Å²) in [5.41, 5.74) is 1.03. The van der Waals surface area contributed by atoms with Crippen LogP contribution in [0.2, 0.25) is 0 Å². The molecule has 0 fully saturated rings. The normalized spacial score (nSPS) is 12.6. The number of ether oxygens (including phenoxy) is 3. The predicted molar refractivity (Wildman–Crippen MR) is 77.1 cm³/mol. The van der Waals surface area contributed by atoms with Crippen LogP contribution in [0.5, 0.6) is 0 Å². The molecule has 0 aliphatic heterocycles. The van der Waals surface area contributed by atoms with E-state index in [0.717, 1.165) is 5.56 Å². The van der Waals surface area contributed by atoms with Gasteiger partial charge in [-0.15, -0.1) is 0 Å². The number of hydrogen-bond acceptors (Lipinski definition) is 4. The Morgan fingerprint density at radius 2 is 2.00 bits per heavy atom. The topological polar surface area (TPSA) is 44.8 Å². The van der Waals surface area contributed by atoms with Gasteiger partial charge in [-0.05, 0) is 5.56 Å². The molecule has 0 heterocycles. The molecule has 0 aliphatic carbocycles. The van der Waals surface area contributed by atoms with E-state index in [-0.39, 0.29) is 12.7 Å². The van der Waals surface area contributed by atoms with Crippen molar-refractivity contribution in [3.05, 3.63) is 60.4 Å². The zero-order chi connectivity index (χ0) is 14.8. The standard InChI is InChI=1S/C16H20O4/c1-4-10-20-16(17)12-14(18-2)11-15(19-3)13-8-6-5-7-9-13/h4-9,12,15H,1,10-11H2,2-3H3/b14-12+. The zero-order valence-corrected chi connectivity index (χ0v) is 11.9. The van der Waals surface area contributed by atoms with Crippen molar-refractivity contribution in [2.24, 2.45) is 0 Å². The van der Waals surface area contributed by atoms with E-state index in [9.17, 15) is 4.79 Å². The highest BCUT2D eigenvalue weighted by molar-refractivity contribution is 5.82. The van der Waals surface area contributed by atoms with Gasteiger partial charge in [-0.3, -0.25) is 0 Å². The molecule has 0 aliphatic rings. The largest absolute Gasteiger partial charge is 0.501 e. The van der Waals surface area contributed by atoms with Gasteiger partial charge in [0.1, 0.15) is 12.4 Å². The van der Waals surface area contributed by atoms with Crippen molar-refractivity contribution in [1.29, 1.82) is 0 Å². The van der Waals surface area contributed by atoms with E-state index in [0.29, 0.717) is 12.2 Å². The van der Waals surface area contributed by atoms with Crippen molar-refractivity contribution in [2.75, 3.05) is 20.8 Å². The lowest BCUT2D eigenvalue weighted by Gasteiger charge is -2.17. The minimum atomic E-state index is -0.454. The minimum absolute atomic E-state index is 0.172. The van der Waals surface area contributed by atoms with E-state index in [4.69, 9.17) is 14.2 Å². The average molecular weight is 276 g/mol. The Bertz CT molecular complexity index is 451. The van der Waals surface area contributed by atoms with Crippen LogP contribution in [0.3, 0.4) is 0 Å². The smallest absolute Gasteiger partial charge is 0.334 e. The van der Waals surface area contributed by atoms with Crippen molar-refractivity contribution >= 4 is 5.97 Å². The summed E-state index contributed by atoms with van der Waals surface area (Å²) in [6.07, 6.45) is 3.13. The molecule has 0 spiro atoms. The second kappa shape index (κ2) is 8.93. The summed E-state index contributed by atoms with van der Waals surface area (Å²) < 4.78 is 15.5. The summed E-state index contributed by atoms with van der Waals surface area (Å²) >= 11 is 0. The molecule has 0 saturated carbocycles. The minimum Gasteiger partial charge on any atom is -0.501 e. The van der Waals surface area contributed by atoms with Crippen LogP contribution in [-0.2, 0) is 19.0 Å². The van der Waals surface area contributed by atoms with Crippen LogP contribution in [-0.4, -0.2) is 26.8 Å². The fourth-order valence-corrected chi connectivity index (χ4v) is 1.70. The molecule has 108 valence electrons. The van der Waals surface area contributed by atoms with Gasteiger partial charge in [-0.25, -0.2) is 4.79 Å². The Labute approximate surface area is 119 Å². The first-order valence-electron chi connectivity index (χ1n) is 6.31. The number of hydrogen-bond donors (Lipinski definition) is 0. The third-order valence-electron chi connectivity index (χ3n) is 2.73. The van der Waals surface area contributed by atoms with Crippen molar-refractivity contribution in [3.8, 4) is 0 Å². The molecule has 20 heavy (non-hydrogen) atoms. The van der Waals surface area contributed by atoms with Gasteiger partial charge in [0, 0.05) is 13.5 Å². The predicted octanol–water partition coefficient (Wildman–Crippen LogP) is 3.02. The van der Waals surface area contributed by atoms with E-state index >= 15 is 0 Å². The van der Waals surface area contributed by atoms with Gasteiger partial charge < -0.3 is 14.2 Å². The molecule has 1 aromatic carbocycles. The number of rotatable bonds is 8. The second-order valence-electron chi connectivity index (χ2n) is 4.07. The maximum absolute atomic E-state index is 11.5. The van der Waals surface area contributed by atoms with E-state index < -0.39 is 5.97 Å². The van der Waals surface area contributed by atoms with Crippen molar-refractivity contribution in [1.82, 2.24) is 0 Å². The van der Waals surface area contributed by atoms with Crippen molar-refractivity contribution < 1.29 is 19.0 Å². The Balaban J connectivity index is 2.72.